The van der Waals surface area contributed by atoms with E-state index in [0.717, 1.165) is 0 Å². The monoisotopic (exact) mass is 371 g/mol. The molecular weight excluding hydrogens is 350 g/mol. The van der Waals surface area contributed by atoms with Crippen LogP contribution in [0.25, 0.3) is 6.08 Å². The summed E-state index contributed by atoms with van der Waals surface area (Å²) < 4.78 is 5.05. The molecule has 142 valence electrons. The highest BCUT2D eigenvalue weighted by molar-refractivity contribution is 5.97. The van der Waals surface area contributed by atoms with Crippen LogP contribution >= 0.6 is 0 Å². The average molecular weight is 371 g/mol. The molecule has 0 atom stereocenters. The highest BCUT2D eigenvalue weighted by Crippen LogP contribution is 2.29. The lowest BCUT2D eigenvalue weighted by Gasteiger charge is -2.24. The number of carboxylic acids is 2. The van der Waals surface area contributed by atoms with E-state index in [1.165, 1.54) is 17.3 Å². The van der Waals surface area contributed by atoms with Crippen molar-refractivity contribution in [2.75, 3.05) is 11.5 Å². The summed E-state index contributed by atoms with van der Waals surface area (Å²) in [6.07, 6.45) is 4.74. The molecule has 27 heavy (non-hydrogen) atoms. The van der Waals surface area contributed by atoms with Gasteiger partial charge in [-0.3, -0.25) is 0 Å². The molecule has 0 saturated carbocycles. The third kappa shape index (κ3) is 4.84. The third-order valence-electron chi connectivity index (χ3n) is 3.98. The SMILES string of the molecule is CCOC(=O)/C(=C/c1ccccc1N1C=C(C(=O)O)CC(C(=O)O)=C1)CC. The zero-order valence-corrected chi connectivity index (χ0v) is 15.1. The van der Waals surface area contributed by atoms with Gasteiger partial charge in [0.25, 0.3) is 0 Å². The standard InChI is InChI=1S/C20H21NO6/c1-3-13(20(26)27-4-2)9-14-7-5-6-8-17(14)21-11-15(18(22)23)10-16(12-21)19(24)25/h5-9,11-12H,3-4,10H2,1-2H3,(H,22,23)(H,24,25)/b13-9+. The molecule has 2 N–H and O–H groups in total. The number of rotatable bonds is 7. The molecule has 2 rings (SSSR count). The van der Waals surface area contributed by atoms with Crippen LogP contribution < -0.4 is 4.90 Å². The van der Waals surface area contributed by atoms with Crippen LogP contribution in [-0.4, -0.2) is 34.7 Å². The second-order valence-electron chi connectivity index (χ2n) is 5.81. The Morgan fingerprint density at radius 3 is 2.19 bits per heavy atom. The number of ether oxygens (including phenoxy) is 1. The Labute approximate surface area is 156 Å². The molecule has 0 fully saturated rings. The lowest BCUT2D eigenvalue weighted by molar-refractivity contribution is -0.138. The fourth-order valence-corrected chi connectivity index (χ4v) is 2.63. The number of hydrogen-bond acceptors (Lipinski definition) is 5. The molecule has 1 aromatic rings. The van der Waals surface area contributed by atoms with Gasteiger partial charge in [-0.2, -0.15) is 0 Å². The molecule has 1 aromatic carbocycles. The summed E-state index contributed by atoms with van der Waals surface area (Å²) in [6.45, 7) is 3.82. The highest BCUT2D eigenvalue weighted by Gasteiger charge is 2.23. The smallest absolute Gasteiger partial charge is 0.333 e. The zero-order valence-electron chi connectivity index (χ0n) is 15.1. The number of aliphatic carboxylic acids is 2. The molecule has 1 aliphatic heterocycles. The van der Waals surface area contributed by atoms with Crippen LogP contribution in [0.1, 0.15) is 32.3 Å². The summed E-state index contributed by atoms with van der Waals surface area (Å²) in [5.41, 5.74) is 1.60. The molecule has 7 nitrogen and oxygen atoms in total. The molecule has 0 unspecified atom stereocenters. The second-order valence-corrected chi connectivity index (χ2v) is 5.81. The van der Waals surface area contributed by atoms with E-state index >= 15 is 0 Å². The number of carbonyl (C=O) groups is 3. The molecule has 0 aliphatic carbocycles. The molecule has 1 heterocycles. The number of anilines is 1. The van der Waals surface area contributed by atoms with Crippen LogP contribution in [0, 0.1) is 0 Å². The summed E-state index contributed by atoms with van der Waals surface area (Å²) in [5, 5.41) is 18.6. The van der Waals surface area contributed by atoms with Crippen molar-refractivity contribution >= 4 is 29.7 Å². The predicted molar refractivity (Wildman–Crippen MR) is 99.9 cm³/mol. The molecule has 0 saturated heterocycles. The van der Waals surface area contributed by atoms with Crippen molar-refractivity contribution in [1.29, 1.82) is 0 Å². The van der Waals surface area contributed by atoms with Crippen molar-refractivity contribution in [3.8, 4) is 0 Å². The van der Waals surface area contributed by atoms with Crippen LogP contribution in [0.4, 0.5) is 5.69 Å². The second kappa shape index (κ2) is 8.84. The summed E-state index contributed by atoms with van der Waals surface area (Å²) in [4.78, 5) is 36.3. The number of esters is 1. The Kier molecular flexibility index (Phi) is 6.54. The predicted octanol–water partition coefficient (Wildman–Crippen LogP) is 3.19. The third-order valence-corrected chi connectivity index (χ3v) is 3.98. The van der Waals surface area contributed by atoms with Crippen molar-refractivity contribution in [2.24, 2.45) is 0 Å². The van der Waals surface area contributed by atoms with Gasteiger partial charge in [-0.1, -0.05) is 25.1 Å². The van der Waals surface area contributed by atoms with Gasteiger partial charge in [0.15, 0.2) is 0 Å². The normalized spacial score (nSPS) is 14.3. The van der Waals surface area contributed by atoms with Crippen molar-refractivity contribution in [3.63, 3.8) is 0 Å². The van der Waals surface area contributed by atoms with E-state index in [-0.39, 0.29) is 24.2 Å². The van der Waals surface area contributed by atoms with Gasteiger partial charge in [0.1, 0.15) is 0 Å². The van der Waals surface area contributed by atoms with Crippen LogP contribution in [0.3, 0.4) is 0 Å². The topological polar surface area (TPSA) is 104 Å². The molecule has 0 bridgehead atoms. The first-order valence-corrected chi connectivity index (χ1v) is 8.50. The van der Waals surface area contributed by atoms with Crippen molar-refractivity contribution in [3.05, 3.63) is 58.9 Å². The molecular formula is C20H21NO6. The van der Waals surface area contributed by atoms with E-state index in [0.29, 0.717) is 23.2 Å². The first-order valence-electron chi connectivity index (χ1n) is 8.50. The van der Waals surface area contributed by atoms with Gasteiger partial charge in [0, 0.05) is 24.4 Å². The Morgan fingerprint density at radius 1 is 1.07 bits per heavy atom. The highest BCUT2D eigenvalue weighted by atomic mass is 16.5. The van der Waals surface area contributed by atoms with Gasteiger partial charge in [-0.05, 0) is 31.1 Å². The molecule has 1 aliphatic rings. The fourth-order valence-electron chi connectivity index (χ4n) is 2.63. The minimum absolute atomic E-state index is 0.0326. The van der Waals surface area contributed by atoms with Gasteiger partial charge in [0.2, 0.25) is 0 Å². The Hall–Kier alpha value is -3.35. The molecule has 0 spiro atoms. The van der Waals surface area contributed by atoms with Crippen LogP contribution in [0.15, 0.2) is 53.4 Å². The number of carbonyl (C=O) groups excluding carboxylic acids is 1. The maximum Gasteiger partial charge on any atom is 0.333 e. The summed E-state index contributed by atoms with van der Waals surface area (Å²) in [5.74, 6) is -2.78. The summed E-state index contributed by atoms with van der Waals surface area (Å²) >= 11 is 0. The Balaban J connectivity index is 2.52. The molecule has 0 radical (unpaired) electrons. The maximum atomic E-state index is 12.1. The minimum atomic E-state index is -1.18. The van der Waals surface area contributed by atoms with Crippen molar-refractivity contribution in [2.45, 2.75) is 26.7 Å². The first kappa shape index (κ1) is 20.0. The van der Waals surface area contributed by atoms with Crippen LogP contribution in [0.2, 0.25) is 0 Å². The van der Waals surface area contributed by atoms with Crippen LogP contribution in [0.5, 0.6) is 0 Å². The average Bonchev–Trinajstić information content (AvgIpc) is 2.66. The zero-order chi connectivity index (χ0) is 20.0. The van der Waals surface area contributed by atoms with Gasteiger partial charge in [-0.15, -0.1) is 0 Å². The molecule has 0 amide bonds. The van der Waals surface area contributed by atoms with E-state index < -0.39 is 17.9 Å². The van der Waals surface area contributed by atoms with E-state index in [4.69, 9.17) is 4.74 Å². The summed E-state index contributed by atoms with van der Waals surface area (Å²) in [7, 11) is 0. The Bertz CT molecular complexity index is 820. The van der Waals surface area contributed by atoms with Gasteiger partial charge >= 0.3 is 17.9 Å². The number of carboxylic acid groups (broad SMARTS) is 2. The van der Waals surface area contributed by atoms with E-state index in [2.05, 4.69) is 0 Å². The van der Waals surface area contributed by atoms with E-state index in [9.17, 15) is 24.6 Å². The largest absolute Gasteiger partial charge is 0.478 e. The quantitative estimate of drug-likeness (QED) is 0.560. The van der Waals surface area contributed by atoms with Crippen molar-refractivity contribution in [1.82, 2.24) is 0 Å². The Morgan fingerprint density at radius 2 is 1.67 bits per heavy atom. The van der Waals surface area contributed by atoms with E-state index in [1.807, 2.05) is 6.92 Å². The lowest BCUT2D eigenvalue weighted by Crippen LogP contribution is -2.21. The van der Waals surface area contributed by atoms with E-state index in [1.54, 1.807) is 37.3 Å². The van der Waals surface area contributed by atoms with Crippen molar-refractivity contribution < 1.29 is 29.3 Å². The van der Waals surface area contributed by atoms with Gasteiger partial charge in [0.05, 0.1) is 23.4 Å². The lowest BCUT2D eigenvalue weighted by atomic mass is 10.0. The first-order chi connectivity index (χ1) is 12.9. The maximum absolute atomic E-state index is 12.1. The number of benzene rings is 1. The van der Waals surface area contributed by atoms with Gasteiger partial charge < -0.3 is 19.8 Å². The van der Waals surface area contributed by atoms with Gasteiger partial charge in [-0.25, -0.2) is 14.4 Å². The number of nitrogens with zero attached hydrogens (tertiary/aromatic N) is 1. The molecule has 0 aromatic heterocycles. The minimum Gasteiger partial charge on any atom is -0.478 e. The van der Waals surface area contributed by atoms with Crippen LogP contribution in [-0.2, 0) is 19.1 Å². The number of hydrogen-bond donors (Lipinski definition) is 2. The fraction of sp³-hybridized carbons (Fsp3) is 0.250. The summed E-state index contributed by atoms with van der Waals surface area (Å²) in [6, 6.07) is 7.02. The molecule has 7 heteroatoms. The number of para-hydroxylation sites is 1.